The molecule has 2 heterocycles. The highest BCUT2D eigenvalue weighted by atomic mass is 16.6. The van der Waals surface area contributed by atoms with Crippen LogP contribution in [0.25, 0.3) is 0 Å². The van der Waals surface area contributed by atoms with Crippen LogP contribution in [0.4, 0.5) is 4.79 Å². The molecule has 0 aliphatic carbocycles. The second-order valence-electron chi connectivity index (χ2n) is 5.43. The van der Waals surface area contributed by atoms with E-state index >= 15 is 0 Å². The summed E-state index contributed by atoms with van der Waals surface area (Å²) in [6.07, 6.45) is 1.44. The molecule has 0 N–H and O–H groups in total. The Bertz CT molecular complexity index is 452. The van der Waals surface area contributed by atoms with Gasteiger partial charge in [0.15, 0.2) is 0 Å². The Morgan fingerprint density at radius 2 is 1.89 bits per heavy atom. The maximum absolute atomic E-state index is 12.0. The SMILES string of the molecule is [CH]N1CCC2(CC1)CN(Cc1ccccc1)C(=O)O2. The molecule has 4 heteroatoms. The number of amides is 1. The Morgan fingerprint density at radius 3 is 2.58 bits per heavy atom. The van der Waals surface area contributed by atoms with Crippen LogP contribution in [0.3, 0.4) is 0 Å². The van der Waals surface area contributed by atoms with Crippen LogP contribution < -0.4 is 0 Å². The Morgan fingerprint density at radius 1 is 1.21 bits per heavy atom. The van der Waals surface area contributed by atoms with Crippen molar-refractivity contribution < 1.29 is 9.53 Å². The van der Waals surface area contributed by atoms with Crippen molar-refractivity contribution in [2.24, 2.45) is 0 Å². The van der Waals surface area contributed by atoms with Gasteiger partial charge in [0.1, 0.15) is 5.60 Å². The largest absolute Gasteiger partial charge is 0.441 e. The summed E-state index contributed by atoms with van der Waals surface area (Å²) in [4.78, 5) is 15.6. The van der Waals surface area contributed by atoms with Crippen LogP contribution in [-0.2, 0) is 11.3 Å². The van der Waals surface area contributed by atoms with E-state index in [9.17, 15) is 4.79 Å². The molecule has 1 aromatic rings. The van der Waals surface area contributed by atoms with Crippen molar-refractivity contribution in [3.63, 3.8) is 0 Å². The highest BCUT2D eigenvalue weighted by Crippen LogP contribution is 2.33. The Hall–Kier alpha value is -1.55. The fourth-order valence-electron chi connectivity index (χ4n) is 2.81. The smallest absolute Gasteiger partial charge is 0.410 e. The lowest BCUT2D eigenvalue weighted by atomic mass is 9.91. The van der Waals surface area contributed by atoms with Gasteiger partial charge < -0.3 is 4.74 Å². The summed E-state index contributed by atoms with van der Waals surface area (Å²) < 4.78 is 5.63. The second kappa shape index (κ2) is 4.85. The molecule has 1 spiro atoms. The van der Waals surface area contributed by atoms with E-state index in [1.54, 1.807) is 9.80 Å². The third-order valence-corrected chi connectivity index (χ3v) is 3.97. The number of rotatable bonds is 2. The van der Waals surface area contributed by atoms with Gasteiger partial charge in [-0.2, -0.15) is 0 Å². The van der Waals surface area contributed by atoms with Gasteiger partial charge in [-0.05, 0) is 5.56 Å². The predicted octanol–water partition coefficient (Wildman–Crippen LogP) is 2.14. The Kier molecular flexibility index (Phi) is 3.19. The summed E-state index contributed by atoms with van der Waals surface area (Å²) >= 11 is 0. The quantitative estimate of drug-likeness (QED) is 0.814. The fourth-order valence-corrected chi connectivity index (χ4v) is 2.81. The van der Waals surface area contributed by atoms with Gasteiger partial charge >= 0.3 is 6.09 Å². The first-order valence-electron chi connectivity index (χ1n) is 6.68. The van der Waals surface area contributed by atoms with Crippen LogP contribution in [0.5, 0.6) is 0 Å². The summed E-state index contributed by atoms with van der Waals surface area (Å²) in [5, 5.41) is 0. The molecule has 100 valence electrons. The Balaban J connectivity index is 1.67. The van der Waals surface area contributed by atoms with Crippen LogP contribution in [0, 0.1) is 7.05 Å². The average molecular weight is 258 g/mol. The highest BCUT2D eigenvalue weighted by molar-refractivity contribution is 5.70. The van der Waals surface area contributed by atoms with Crippen molar-refractivity contribution in [3.05, 3.63) is 42.9 Å². The fraction of sp³-hybridized carbons (Fsp3) is 0.467. The van der Waals surface area contributed by atoms with Crippen LogP contribution in [0.2, 0.25) is 0 Å². The van der Waals surface area contributed by atoms with Crippen molar-refractivity contribution in [1.29, 1.82) is 0 Å². The van der Waals surface area contributed by atoms with Gasteiger partial charge in [0.05, 0.1) is 6.54 Å². The van der Waals surface area contributed by atoms with Gasteiger partial charge in [0.25, 0.3) is 0 Å². The predicted molar refractivity (Wildman–Crippen MR) is 71.2 cm³/mol. The van der Waals surface area contributed by atoms with Gasteiger partial charge in [0.2, 0.25) is 0 Å². The minimum atomic E-state index is -0.318. The summed E-state index contributed by atoms with van der Waals surface area (Å²) in [6, 6.07) is 10.0. The van der Waals surface area contributed by atoms with Gasteiger partial charge in [0, 0.05) is 39.5 Å². The van der Waals surface area contributed by atoms with Crippen molar-refractivity contribution >= 4 is 6.09 Å². The van der Waals surface area contributed by atoms with E-state index in [0.29, 0.717) is 13.1 Å². The van der Waals surface area contributed by atoms with E-state index in [0.717, 1.165) is 31.5 Å². The molecule has 2 fully saturated rings. The molecule has 2 aliphatic rings. The average Bonchev–Trinajstić information content (AvgIpc) is 2.71. The minimum absolute atomic E-state index is 0.200. The lowest BCUT2D eigenvalue weighted by Gasteiger charge is -2.35. The third kappa shape index (κ3) is 2.59. The number of likely N-dealkylation sites (tertiary alicyclic amines) is 1. The van der Waals surface area contributed by atoms with E-state index in [1.807, 2.05) is 30.3 Å². The molecule has 19 heavy (non-hydrogen) atoms. The topological polar surface area (TPSA) is 32.8 Å². The summed E-state index contributed by atoms with van der Waals surface area (Å²) in [5.41, 5.74) is 0.814. The molecular formula is C15H18N2O2. The molecule has 0 saturated carbocycles. The number of carbonyl (C=O) groups excluding carboxylic acids is 1. The number of hydrogen-bond donors (Lipinski definition) is 0. The van der Waals surface area contributed by atoms with E-state index in [1.165, 1.54) is 0 Å². The van der Waals surface area contributed by atoms with Crippen LogP contribution in [0.1, 0.15) is 18.4 Å². The van der Waals surface area contributed by atoms with Gasteiger partial charge in [-0.3, -0.25) is 9.80 Å². The van der Waals surface area contributed by atoms with Crippen LogP contribution in [0.15, 0.2) is 30.3 Å². The van der Waals surface area contributed by atoms with Crippen molar-refractivity contribution in [1.82, 2.24) is 9.80 Å². The van der Waals surface area contributed by atoms with E-state index < -0.39 is 0 Å². The lowest BCUT2D eigenvalue weighted by molar-refractivity contribution is 0.0102. The maximum atomic E-state index is 12.0. The molecule has 0 atom stereocenters. The molecule has 0 bridgehead atoms. The van der Waals surface area contributed by atoms with Crippen LogP contribution >= 0.6 is 0 Å². The van der Waals surface area contributed by atoms with Crippen molar-refractivity contribution in [3.8, 4) is 0 Å². The molecule has 2 radical (unpaired) electrons. The second-order valence-corrected chi connectivity index (χ2v) is 5.43. The number of ether oxygens (including phenoxy) is 1. The third-order valence-electron chi connectivity index (χ3n) is 3.97. The van der Waals surface area contributed by atoms with Gasteiger partial charge in [-0.25, -0.2) is 4.79 Å². The summed E-state index contributed by atoms with van der Waals surface area (Å²) in [5.74, 6) is 0. The van der Waals surface area contributed by atoms with E-state index in [-0.39, 0.29) is 11.7 Å². The van der Waals surface area contributed by atoms with Crippen LogP contribution in [-0.4, -0.2) is 41.1 Å². The standard InChI is InChI=1S/C15H18N2O2/c1-16-9-7-15(8-10-16)12-17(14(18)19-15)11-13-5-3-2-4-6-13/h1-6H,7-12H2. The summed E-state index contributed by atoms with van der Waals surface area (Å²) in [7, 11) is 5.76. The first kappa shape index (κ1) is 12.5. The summed E-state index contributed by atoms with van der Waals surface area (Å²) in [6.45, 7) is 2.86. The van der Waals surface area contributed by atoms with Gasteiger partial charge in [-0.1, -0.05) is 30.3 Å². The number of nitrogens with zero attached hydrogens (tertiary/aromatic N) is 2. The highest BCUT2D eigenvalue weighted by Gasteiger charge is 2.46. The number of carbonyl (C=O) groups is 1. The zero-order valence-corrected chi connectivity index (χ0v) is 10.9. The first-order chi connectivity index (χ1) is 9.17. The minimum Gasteiger partial charge on any atom is -0.441 e. The van der Waals surface area contributed by atoms with Gasteiger partial charge in [-0.15, -0.1) is 0 Å². The number of piperidine rings is 1. The molecule has 3 rings (SSSR count). The molecule has 1 aromatic carbocycles. The molecule has 4 nitrogen and oxygen atoms in total. The van der Waals surface area contributed by atoms with E-state index in [4.69, 9.17) is 11.8 Å². The van der Waals surface area contributed by atoms with Crippen molar-refractivity contribution in [2.45, 2.75) is 25.0 Å². The molecule has 0 aromatic heterocycles. The maximum Gasteiger partial charge on any atom is 0.410 e. The van der Waals surface area contributed by atoms with Crippen molar-refractivity contribution in [2.75, 3.05) is 19.6 Å². The zero-order chi connectivity index (χ0) is 13.3. The molecular weight excluding hydrogens is 240 g/mol. The first-order valence-corrected chi connectivity index (χ1v) is 6.68. The molecule has 1 amide bonds. The zero-order valence-electron chi connectivity index (χ0n) is 10.9. The normalized spacial score (nSPS) is 22.8. The molecule has 0 unspecified atom stereocenters. The molecule has 2 saturated heterocycles. The lowest BCUT2D eigenvalue weighted by Crippen LogP contribution is -2.44. The number of hydrogen-bond acceptors (Lipinski definition) is 3. The monoisotopic (exact) mass is 258 g/mol. The number of benzene rings is 1. The molecule has 2 aliphatic heterocycles. The van der Waals surface area contributed by atoms with E-state index in [2.05, 4.69) is 0 Å². The Labute approximate surface area is 113 Å².